The van der Waals surface area contributed by atoms with E-state index in [-0.39, 0.29) is 6.10 Å². The van der Waals surface area contributed by atoms with Crippen LogP contribution < -0.4 is 10.1 Å². The Kier molecular flexibility index (Phi) is 5.37. The number of ether oxygens (including phenoxy) is 1. The number of benzene rings is 1. The second kappa shape index (κ2) is 6.83. The lowest BCUT2D eigenvalue weighted by Crippen LogP contribution is -2.30. The first-order chi connectivity index (χ1) is 9.08. The minimum atomic E-state index is 0.174. The average molecular weight is 302 g/mol. The number of hydrogen-bond acceptors (Lipinski definition) is 2. The maximum absolute atomic E-state index is 6.19. The van der Waals surface area contributed by atoms with Crippen LogP contribution in [0.1, 0.15) is 26.7 Å². The number of rotatable bonds is 5. The molecule has 0 aromatic heterocycles. The van der Waals surface area contributed by atoms with Crippen molar-refractivity contribution in [2.75, 3.05) is 13.1 Å². The Bertz CT molecular complexity index is 396. The van der Waals surface area contributed by atoms with Gasteiger partial charge in [-0.05, 0) is 37.4 Å². The van der Waals surface area contributed by atoms with E-state index in [2.05, 4.69) is 19.2 Å². The van der Waals surface area contributed by atoms with Crippen molar-refractivity contribution >= 4 is 23.2 Å². The van der Waals surface area contributed by atoms with Crippen molar-refractivity contribution in [2.24, 2.45) is 11.8 Å². The van der Waals surface area contributed by atoms with Gasteiger partial charge in [-0.25, -0.2) is 0 Å². The largest absolute Gasteiger partial charge is 0.487 e. The molecule has 0 spiro atoms. The summed E-state index contributed by atoms with van der Waals surface area (Å²) in [6.45, 7) is 6.51. The van der Waals surface area contributed by atoms with Crippen LogP contribution in [-0.4, -0.2) is 19.2 Å². The van der Waals surface area contributed by atoms with Gasteiger partial charge in [0.2, 0.25) is 0 Å². The van der Waals surface area contributed by atoms with Crippen molar-refractivity contribution in [1.82, 2.24) is 5.32 Å². The normalized spacial score (nSPS) is 20.8. The van der Waals surface area contributed by atoms with Gasteiger partial charge in [-0.1, -0.05) is 43.1 Å². The van der Waals surface area contributed by atoms with Crippen LogP contribution in [0.3, 0.4) is 0 Å². The smallest absolute Gasteiger partial charge is 0.156 e. The highest BCUT2D eigenvalue weighted by molar-refractivity contribution is 6.37. The van der Waals surface area contributed by atoms with Crippen molar-refractivity contribution in [1.29, 1.82) is 0 Å². The fourth-order valence-electron chi connectivity index (χ4n) is 2.54. The lowest BCUT2D eigenvalue weighted by atomic mass is 9.93. The second-order valence-electron chi connectivity index (χ2n) is 5.59. The van der Waals surface area contributed by atoms with E-state index >= 15 is 0 Å². The van der Waals surface area contributed by atoms with Crippen molar-refractivity contribution in [3.8, 4) is 5.75 Å². The third-order valence-corrected chi connectivity index (χ3v) is 4.11. The minimum Gasteiger partial charge on any atom is -0.487 e. The molecule has 4 heteroatoms. The van der Waals surface area contributed by atoms with E-state index in [0.717, 1.165) is 25.9 Å². The Balaban J connectivity index is 2.14. The molecule has 1 N–H and O–H groups in total. The molecule has 0 saturated carbocycles. The van der Waals surface area contributed by atoms with Gasteiger partial charge in [0.05, 0.1) is 10.0 Å². The van der Waals surface area contributed by atoms with E-state index in [0.29, 0.717) is 27.6 Å². The standard InChI is InChI=1S/C15H21Cl2NO/c1-10(2)8-14(11-6-7-18-9-11)19-15-12(16)4-3-5-13(15)17/h3-5,10-11,14,18H,6-9H2,1-2H3/t11?,14-/m0/s1. The molecule has 1 unspecified atom stereocenters. The lowest BCUT2D eigenvalue weighted by Gasteiger charge is -2.26. The van der Waals surface area contributed by atoms with Crippen molar-refractivity contribution < 1.29 is 4.74 Å². The van der Waals surface area contributed by atoms with Gasteiger partial charge in [-0.15, -0.1) is 0 Å². The first kappa shape index (κ1) is 15.0. The summed E-state index contributed by atoms with van der Waals surface area (Å²) in [5.41, 5.74) is 0. The topological polar surface area (TPSA) is 21.3 Å². The molecular formula is C15H21Cl2NO. The third-order valence-electron chi connectivity index (χ3n) is 3.52. The van der Waals surface area contributed by atoms with Crippen molar-refractivity contribution in [3.63, 3.8) is 0 Å². The first-order valence-corrected chi connectivity index (χ1v) is 7.65. The molecule has 106 valence electrons. The third kappa shape index (κ3) is 4.01. The number of halogens is 2. The van der Waals surface area contributed by atoms with E-state index in [1.54, 1.807) is 0 Å². The molecule has 0 radical (unpaired) electrons. The Morgan fingerprint density at radius 1 is 1.32 bits per heavy atom. The predicted molar refractivity (Wildman–Crippen MR) is 81.3 cm³/mol. The zero-order chi connectivity index (χ0) is 13.8. The van der Waals surface area contributed by atoms with Gasteiger partial charge in [0.25, 0.3) is 0 Å². The van der Waals surface area contributed by atoms with Crippen LogP contribution in [0.2, 0.25) is 10.0 Å². The molecule has 1 aliphatic heterocycles. The maximum atomic E-state index is 6.19. The van der Waals surface area contributed by atoms with Crippen LogP contribution in [0.15, 0.2) is 18.2 Å². The lowest BCUT2D eigenvalue weighted by molar-refractivity contribution is 0.120. The first-order valence-electron chi connectivity index (χ1n) is 6.89. The molecule has 1 saturated heterocycles. The van der Waals surface area contributed by atoms with E-state index < -0.39 is 0 Å². The molecule has 0 amide bonds. The molecule has 1 heterocycles. The van der Waals surface area contributed by atoms with Gasteiger partial charge >= 0.3 is 0 Å². The van der Waals surface area contributed by atoms with E-state index in [9.17, 15) is 0 Å². The summed E-state index contributed by atoms with van der Waals surface area (Å²) < 4.78 is 6.17. The highest BCUT2D eigenvalue weighted by Gasteiger charge is 2.28. The zero-order valence-electron chi connectivity index (χ0n) is 11.5. The Morgan fingerprint density at radius 2 is 2.00 bits per heavy atom. The van der Waals surface area contributed by atoms with Crippen LogP contribution >= 0.6 is 23.2 Å². The summed E-state index contributed by atoms with van der Waals surface area (Å²) in [4.78, 5) is 0. The predicted octanol–water partition coefficient (Wildman–Crippen LogP) is 4.40. The van der Waals surface area contributed by atoms with Gasteiger partial charge in [0.15, 0.2) is 5.75 Å². The van der Waals surface area contributed by atoms with Crippen LogP contribution in [0.4, 0.5) is 0 Å². The summed E-state index contributed by atoms with van der Waals surface area (Å²) in [7, 11) is 0. The average Bonchev–Trinajstić information content (AvgIpc) is 2.85. The Hall–Kier alpha value is -0.440. The number of hydrogen-bond donors (Lipinski definition) is 1. The van der Waals surface area contributed by atoms with Crippen LogP contribution in [0.25, 0.3) is 0 Å². The van der Waals surface area contributed by atoms with E-state index in [1.165, 1.54) is 0 Å². The summed E-state index contributed by atoms with van der Waals surface area (Å²) in [5.74, 6) is 1.75. The number of nitrogens with one attached hydrogen (secondary N) is 1. The molecule has 2 atom stereocenters. The fraction of sp³-hybridized carbons (Fsp3) is 0.600. The summed E-state index contributed by atoms with van der Waals surface area (Å²) in [5, 5.41) is 4.58. The monoisotopic (exact) mass is 301 g/mol. The number of para-hydroxylation sites is 1. The Labute approximate surface area is 125 Å². The second-order valence-corrected chi connectivity index (χ2v) is 6.40. The highest BCUT2D eigenvalue weighted by atomic mass is 35.5. The summed E-state index contributed by atoms with van der Waals surface area (Å²) in [6, 6.07) is 5.48. The van der Waals surface area contributed by atoms with Crippen LogP contribution in [0.5, 0.6) is 5.75 Å². The molecule has 1 fully saturated rings. The van der Waals surface area contributed by atoms with Crippen molar-refractivity contribution in [2.45, 2.75) is 32.8 Å². The molecular weight excluding hydrogens is 281 g/mol. The van der Waals surface area contributed by atoms with Crippen molar-refractivity contribution in [3.05, 3.63) is 28.2 Å². The highest BCUT2D eigenvalue weighted by Crippen LogP contribution is 2.35. The molecule has 1 aromatic rings. The van der Waals surface area contributed by atoms with Crippen LogP contribution in [-0.2, 0) is 0 Å². The molecule has 2 nitrogen and oxygen atoms in total. The Morgan fingerprint density at radius 3 is 2.53 bits per heavy atom. The molecule has 19 heavy (non-hydrogen) atoms. The summed E-state index contributed by atoms with van der Waals surface area (Å²) in [6.07, 6.45) is 2.35. The molecule has 2 rings (SSSR count). The van der Waals surface area contributed by atoms with Gasteiger partial charge in [-0.2, -0.15) is 0 Å². The quantitative estimate of drug-likeness (QED) is 0.870. The zero-order valence-corrected chi connectivity index (χ0v) is 13.0. The molecule has 0 aliphatic carbocycles. The fourth-order valence-corrected chi connectivity index (χ4v) is 3.03. The van der Waals surface area contributed by atoms with E-state index in [4.69, 9.17) is 27.9 Å². The maximum Gasteiger partial charge on any atom is 0.156 e. The molecule has 1 aliphatic rings. The minimum absolute atomic E-state index is 0.174. The van der Waals surface area contributed by atoms with Crippen LogP contribution in [0, 0.1) is 11.8 Å². The summed E-state index contributed by atoms with van der Waals surface area (Å²) >= 11 is 12.4. The van der Waals surface area contributed by atoms with Gasteiger partial charge in [0.1, 0.15) is 6.10 Å². The SMILES string of the molecule is CC(C)C[C@H](Oc1c(Cl)cccc1Cl)C1CCNC1. The molecule has 1 aromatic carbocycles. The molecule has 0 bridgehead atoms. The van der Waals surface area contributed by atoms with E-state index in [1.807, 2.05) is 18.2 Å². The van der Waals surface area contributed by atoms with Gasteiger partial charge < -0.3 is 10.1 Å². The van der Waals surface area contributed by atoms with Gasteiger partial charge in [-0.3, -0.25) is 0 Å². The van der Waals surface area contributed by atoms with Gasteiger partial charge in [0, 0.05) is 12.5 Å².